The highest BCUT2D eigenvalue weighted by Crippen LogP contribution is 2.44. The normalized spacial score (nSPS) is 19.6. The van der Waals surface area contributed by atoms with Crippen molar-refractivity contribution in [3.8, 4) is 16.9 Å². The van der Waals surface area contributed by atoms with Crippen molar-refractivity contribution in [1.82, 2.24) is 4.31 Å². The highest BCUT2D eigenvalue weighted by Gasteiger charge is 2.31. The van der Waals surface area contributed by atoms with Gasteiger partial charge in [0.05, 0.1) is 15.6 Å². The molecule has 2 fully saturated rings. The number of ether oxygens (including phenoxy) is 1. The van der Waals surface area contributed by atoms with Crippen LogP contribution in [0.1, 0.15) is 45.1 Å². The average molecular weight is 601 g/mol. The van der Waals surface area contributed by atoms with Crippen molar-refractivity contribution in [1.29, 1.82) is 0 Å². The molecule has 2 heterocycles. The van der Waals surface area contributed by atoms with Crippen LogP contribution < -0.4 is 9.64 Å². The molecule has 2 aliphatic heterocycles. The van der Waals surface area contributed by atoms with E-state index in [4.69, 9.17) is 16.3 Å². The van der Waals surface area contributed by atoms with Crippen LogP contribution in [0.25, 0.3) is 11.1 Å². The zero-order valence-electron chi connectivity index (χ0n) is 22.8. The molecule has 0 spiro atoms. The Morgan fingerprint density at radius 2 is 1.68 bits per heavy atom. The molecule has 3 aromatic carbocycles. The van der Waals surface area contributed by atoms with Crippen molar-refractivity contribution in [3.05, 3.63) is 71.0 Å². The van der Waals surface area contributed by atoms with Crippen molar-refractivity contribution >= 4 is 39.1 Å². The Labute approximate surface area is 245 Å². The number of sulfonamides is 1. The quantitative estimate of drug-likeness (QED) is 0.302. The van der Waals surface area contributed by atoms with Gasteiger partial charge in [0.15, 0.2) is 0 Å². The van der Waals surface area contributed by atoms with E-state index in [2.05, 4.69) is 32.0 Å². The molecule has 1 saturated heterocycles. The fraction of sp³-hybridized carbons (Fsp3) is 0.419. The average Bonchev–Trinajstić information content (AvgIpc) is 2.94. The van der Waals surface area contributed by atoms with Crippen molar-refractivity contribution in [2.75, 3.05) is 31.1 Å². The number of fused-ring (bicyclic) bond motifs is 3. The van der Waals surface area contributed by atoms with Crippen molar-refractivity contribution in [2.24, 2.45) is 5.41 Å². The number of halogens is 2. The minimum absolute atomic E-state index is 0.232. The lowest BCUT2D eigenvalue weighted by atomic mass is 9.77. The third kappa shape index (κ3) is 5.60. The number of hydrogen-bond donors (Lipinski definition) is 0. The van der Waals surface area contributed by atoms with Crippen LogP contribution in [0, 0.1) is 11.2 Å². The number of anilines is 1. The van der Waals surface area contributed by atoms with E-state index in [9.17, 15) is 12.8 Å². The third-order valence-electron chi connectivity index (χ3n) is 8.42. The van der Waals surface area contributed by atoms with E-state index in [1.165, 1.54) is 47.0 Å². The molecule has 40 heavy (non-hydrogen) atoms. The standard InChI is InChI=1S/C31H34ClFN2O3S2/c1-31(2)11-9-23(10-12-31)39-24-4-6-26-21(17-24)20-38-30-19-25(5-7-27(26)30)40(36,37)35-15-13-34(14-16-35)29-8-3-22(33)18-28(29)32/h3-8,17-19,23H,9-16,20H2,1-2H3. The summed E-state index contributed by atoms with van der Waals surface area (Å²) in [4.78, 5) is 3.49. The Morgan fingerprint density at radius 3 is 2.40 bits per heavy atom. The molecule has 0 atom stereocenters. The molecular weight excluding hydrogens is 567 g/mol. The van der Waals surface area contributed by atoms with E-state index in [0.29, 0.717) is 59.9 Å². The first kappa shape index (κ1) is 27.9. The van der Waals surface area contributed by atoms with Crippen molar-refractivity contribution < 1.29 is 17.5 Å². The van der Waals surface area contributed by atoms with Crippen LogP contribution in [0.4, 0.5) is 10.1 Å². The first-order valence-corrected chi connectivity index (χ1v) is 16.6. The molecule has 3 aromatic rings. The molecule has 0 radical (unpaired) electrons. The molecule has 0 amide bonds. The molecule has 3 aliphatic rings. The van der Waals surface area contributed by atoms with Gasteiger partial charge in [0, 0.05) is 48.0 Å². The molecule has 6 rings (SSSR count). The van der Waals surface area contributed by atoms with Crippen LogP contribution >= 0.6 is 23.4 Å². The highest BCUT2D eigenvalue weighted by atomic mass is 35.5. The van der Waals surface area contributed by atoms with Gasteiger partial charge in [0.25, 0.3) is 0 Å². The Kier molecular flexibility index (Phi) is 7.57. The van der Waals surface area contributed by atoms with Crippen LogP contribution in [0.15, 0.2) is 64.4 Å². The molecular formula is C31H34ClFN2O3S2. The second-order valence-electron chi connectivity index (χ2n) is 11.7. The van der Waals surface area contributed by atoms with E-state index in [1.54, 1.807) is 18.2 Å². The Morgan fingerprint density at radius 1 is 0.950 bits per heavy atom. The molecule has 1 aliphatic carbocycles. The highest BCUT2D eigenvalue weighted by molar-refractivity contribution is 8.00. The van der Waals surface area contributed by atoms with Gasteiger partial charge >= 0.3 is 0 Å². The van der Waals surface area contributed by atoms with Gasteiger partial charge in [-0.1, -0.05) is 31.5 Å². The van der Waals surface area contributed by atoms with Gasteiger partial charge in [0.2, 0.25) is 10.0 Å². The zero-order chi connectivity index (χ0) is 28.1. The molecule has 9 heteroatoms. The third-order valence-corrected chi connectivity index (χ3v) is 11.9. The van der Waals surface area contributed by atoms with Crippen molar-refractivity contribution in [3.63, 3.8) is 0 Å². The molecule has 0 aromatic heterocycles. The maximum absolute atomic E-state index is 13.5. The SMILES string of the molecule is CC1(C)CCC(Sc2ccc3c(c2)COc2cc(S(=O)(=O)N4CCN(c5ccc(F)cc5Cl)CC4)ccc2-3)CC1. The summed E-state index contributed by atoms with van der Waals surface area (Å²) in [5, 5.41) is 0.984. The predicted octanol–water partition coefficient (Wildman–Crippen LogP) is 7.61. The molecule has 0 bridgehead atoms. The number of piperazine rings is 1. The summed E-state index contributed by atoms with van der Waals surface area (Å²) < 4.78 is 48.1. The van der Waals surface area contributed by atoms with Crippen LogP contribution in [-0.4, -0.2) is 44.2 Å². The summed E-state index contributed by atoms with van der Waals surface area (Å²) in [5.41, 5.74) is 4.34. The van der Waals surface area contributed by atoms with Gasteiger partial charge in [-0.3, -0.25) is 0 Å². The van der Waals surface area contributed by atoms with Crippen LogP contribution in [0.3, 0.4) is 0 Å². The summed E-state index contributed by atoms with van der Waals surface area (Å²) in [7, 11) is -3.70. The van der Waals surface area contributed by atoms with Crippen LogP contribution in [-0.2, 0) is 16.6 Å². The van der Waals surface area contributed by atoms with E-state index in [-0.39, 0.29) is 4.90 Å². The van der Waals surface area contributed by atoms with Gasteiger partial charge in [-0.2, -0.15) is 4.31 Å². The van der Waals surface area contributed by atoms with Gasteiger partial charge in [-0.05, 0) is 84.7 Å². The maximum atomic E-state index is 13.5. The molecule has 1 saturated carbocycles. The lowest BCUT2D eigenvalue weighted by Gasteiger charge is -2.36. The van der Waals surface area contributed by atoms with Gasteiger partial charge < -0.3 is 9.64 Å². The second-order valence-corrected chi connectivity index (χ2v) is 15.5. The van der Waals surface area contributed by atoms with Gasteiger partial charge in [-0.15, -0.1) is 11.8 Å². The maximum Gasteiger partial charge on any atom is 0.243 e. The molecule has 0 unspecified atom stereocenters. The molecule has 212 valence electrons. The second kappa shape index (κ2) is 10.9. The number of nitrogens with zero attached hydrogens (tertiary/aromatic N) is 2. The van der Waals surface area contributed by atoms with E-state index < -0.39 is 15.8 Å². The largest absolute Gasteiger partial charge is 0.488 e. The lowest BCUT2D eigenvalue weighted by Crippen LogP contribution is -2.48. The number of rotatable bonds is 5. The number of benzene rings is 3. The number of hydrogen-bond acceptors (Lipinski definition) is 5. The smallest absolute Gasteiger partial charge is 0.243 e. The van der Waals surface area contributed by atoms with Gasteiger partial charge in [-0.25, -0.2) is 12.8 Å². The summed E-state index contributed by atoms with van der Waals surface area (Å²) in [6.07, 6.45) is 5.05. The monoisotopic (exact) mass is 600 g/mol. The first-order chi connectivity index (χ1) is 19.1. The summed E-state index contributed by atoms with van der Waals surface area (Å²) in [6.45, 7) is 6.73. The van der Waals surface area contributed by atoms with E-state index in [0.717, 1.165) is 16.7 Å². The van der Waals surface area contributed by atoms with Crippen LogP contribution in [0.2, 0.25) is 5.02 Å². The number of thioether (sulfide) groups is 1. The van der Waals surface area contributed by atoms with Crippen LogP contribution in [0.5, 0.6) is 5.75 Å². The Balaban J connectivity index is 1.15. The lowest BCUT2D eigenvalue weighted by molar-refractivity contribution is 0.249. The zero-order valence-corrected chi connectivity index (χ0v) is 25.2. The summed E-state index contributed by atoms with van der Waals surface area (Å²) in [6, 6.07) is 16.1. The molecule has 5 nitrogen and oxygen atoms in total. The minimum atomic E-state index is -3.70. The Bertz CT molecular complexity index is 1530. The Hall–Kier alpha value is -2.26. The topological polar surface area (TPSA) is 49.9 Å². The van der Waals surface area contributed by atoms with Gasteiger partial charge in [0.1, 0.15) is 18.2 Å². The van der Waals surface area contributed by atoms with E-state index >= 15 is 0 Å². The van der Waals surface area contributed by atoms with E-state index in [1.807, 2.05) is 22.7 Å². The fourth-order valence-corrected chi connectivity index (χ4v) is 8.86. The fourth-order valence-electron chi connectivity index (χ4n) is 5.93. The summed E-state index contributed by atoms with van der Waals surface area (Å²) >= 11 is 8.19. The molecule has 0 N–H and O–H groups in total. The first-order valence-electron chi connectivity index (χ1n) is 13.9. The summed E-state index contributed by atoms with van der Waals surface area (Å²) in [5.74, 6) is 0.204. The predicted molar refractivity (Wildman–Crippen MR) is 160 cm³/mol. The minimum Gasteiger partial charge on any atom is -0.488 e. The van der Waals surface area contributed by atoms with Crippen molar-refractivity contribution in [2.45, 2.75) is 61.2 Å².